The van der Waals surface area contributed by atoms with E-state index in [1.165, 1.54) is 12.1 Å². The van der Waals surface area contributed by atoms with Crippen LogP contribution in [0.2, 0.25) is 0 Å². The molecule has 21 heavy (non-hydrogen) atoms. The molecule has 2 rings (SSSR count). The maximum Gasteiger partial charge on any atom is 0.264 e. The molecule has 0 bridgehead atoms. The number of rotatable bonds is 5. The van der Waals surface area contributed by atoms with Crippen LogP contribution in [-0.2, 0) is 14.8 Å². The third-order valence-corrected chi connectivity index (χ3v) is 4.39. The van der Waals surface area contributed by atoms with Crippen molar-refractivity contribution in [3.63, 3.8) is 0 Å². The van der Waals surface area contributed by atoms with Crippen LogP contribution in [0.25, 0.3) is 11.1 Å². The first kappa shape index (κ1) is 15.3. The Morgan fingerprint density at radius 1 is 0.952 bits per heavy atom. The normalized spacial score (nSPS) is 11.1. The molecular formula is C16H17NO3S. The summed E-state index contributed by atoms with van der Waals surface area (Å²) in [7, 11) is -3.78. The van der Waals surface area contributed by atoms with E-state index in [0.717, 1.165) is 11.1 Å². The zero-order valence-corrected chi connectivity index (χ0v) is 12.6. The van der Waals surface area contributed by atoms with Gasteiger partial charge in [0.25, 0.3) is 10.0 Å². The molecule has 2 aromatic carbocycles. The molecule has 4 nitrogen and oxygen atoms in total. The van der Waals surface area contributed by atoms with Gasteiger partial charge < -0.3 is 0 Å². The average Bonchev–Trinajstić information content (AvgIpc) is 2.48. The molecule has 0 aliphatic rings. The van der Waals surface area contributed by atoms with E-state index in [1.807, 2.05) is 37.3 Å². The van der Waals surface area contributed by atoms with Crippen LogP contribution >= 0.6 is 0 Å². The fourth-order valence-electron chi connectivity index (χ4n) is 1.94. The van der Waals surface area contributed by atoms with Crippen molar-refractivity contribution in [1.82, 2.24) is 4.72 Å². The van der Waals surface area contributed by atoms with Gasteiger partial charge in [0.05, 0.1) is 4.90 Å². The van der Waals surface area contributed by atoms with Crippen molar-refractivity contribution >= 4 is 15.9 Å². The van der Waals surface area contributed by atoms with Gasteiger partial charge in [0, 0.05) is 6.42 Å². The smallest absolute Gasteiger partial charge is 0.264 e. The van der Waals surface area contributed by atoms with E-state index in [9.17, 15) is 13.2 Å². The van der Waals surface area contributed by atoms with Crippen LogP contribution in [0.5, 0.6) is 0 Å². The second-order valence-electron chi connectivity index (χ2n) is 4.67. The lowest BCUT2D eigenvalue weighted by Gasteiger charge is -2.07. The van der Waals surface area contributed by atoms with Gasteiger partial charge in [-0.25, -0.2) is 13.1 Å². The van der Waals surface area contributed by atoms with Crippen molar-refractivity contribution in [2.24, 2.45) is 0 Å². The highest BCUT2D eigenvalue weighted by Crippen LogP contribution is 2.20. The molecule has 0 unspecified atom stereocenters. The molecule has 0 saturated heterocycles. The fourth-order valence-corrected chi connectivity index (χ4v) is 2.96. The molecule has 0 spiro atoms. The first-order valence-corrected chi connectivity index (χ1v) is 8.22. The summed E-state index contributed by atoms with van der Waals surface area (Å²) in [6.45, 7) is 1.82. The van der Waals surface area contributed by atoms with Crippen LogP contribution in [0.4, 0.5) is 0 Å². The van der Waals surface area contributed by atoms with Gasteiger partial charge in [0.2, 0.25) is 5.91 Å². The fraction of sp³-hybridized carbons (Fsp3) is 0.188. The van der Waals surface area contributed by atoms with Gasteiger partial charge in [0.1, 0.15) is 0 Å². The maximum absolute atomic E-state index is 12.0. The summed E-state index contributed by atoms with van der Waals surface area (Å²) in [6, 6.07) is 16.1. The molecule has 0 aliphatic carbocycles. The van der Waals surface area contributed by atoms with Crippen molar-refractivity contribution in [2.45, 2.75) is 24.7 Å². The second kappa shape index (κ2) is 6.54. The highest BCUT2D eigenvalue weighted by molar-refractivity contribution is 7.90. The number of amides is 1. The van der Waals surface area contributed by atoms with Crippen LogP contribution in [0, 0.1) is 0 Å². The highest BCUT2D eigenvalue weighted by Gasteiger charge is 2.16. The molecule has 0 heterocycles. The summed E-state index contributed by atoms with van der Waals surface area (Å²) in [5.74, 6) is -0.482. The molecule has 0 fully saturated rings. The summed E-state index contributed by atoms with van der Waals surface area (Å²) in [5.41, 5.74) is 1.94. The predicted octanol–water partition coefficient (Wildman–Crippen LogP) is 2.96. The first-order valence-electron chi connectivity index (χ1n) is 6.74. The van der Waals surface area contributed by atoms with Crippen LogP contribution in [0.3, 0.4) is 0 Å². The summed E-state index contributed by atoms with van der Waals surface area (Å²) in [6.07, 6.45) is 0.801. The highest BCUT2D eigenvalue weighted by atomic mass is 32.2. The lowest BCUT2D eigenvalue weighted by Crippen LogP contribution is -2.30. The minimum Gasteiger partial charge on any atom is -0.274 e. The maximum atomic E-state index is 12.0. The largest absolute Gasteiger partial charge is 0.274 e. The van der Waals surface area contributed by atoms with Crippen LogP contribution in [0.1, 0.15) is 19.8 Å². The van der Waals surface area contributed by atoms with E-state index in [-0.39, 0.29) is 11.3 Å². The minimum atomic E-state index is -3.78. The predicted molar refractivity (Wildman–Crippen MR) is 82.1 cm³/mol. The van der Waals surface area contributed by atoms with E-state index in [4.69, 9.17) is 0 Å². The molecule has 5 heteroatoms. The van der Waals surface area contributed by atoms with E-state index in [1.54, 1.807) is 12.1 Å². The number of nitrogens with one attached hydrogen (secondary N) is 1. The standard InChI is InChI=1S/C16H17NO3S/c1-2-6-16(18)17-21(19,20)15-11-9-14(10-12-15)13-7-4-3-5-8-13/h3-5,7-12H,2,6H2,1H3,(H,17,18). The van der Waals surface area contributed by atoms with Crippen molar-refractivity contribution in [1.29, 1.82) is 0 Å². The van der Waals surface area contributed by atoms with Gasteiger partial charge in [-0.1, -0.05) is 49.4 Å². The number of sulfonamides is 1. The topological polar surface area (TPSA) is 63.2 Å². The van der Waals surface area contributed by atoms with Crippen LogP contribution in [0.15, 0.2) is 59.5 Å². The van der Waals surface area contributed by atoms with Crippen molar-refractivity contribution < 1.29 is 13.2 Å². The van der Waals surface area contributed by atoms with Crippen molar-refractivity contribution in [3.05, 3.63) is 54.6 Å². The van der Waals surface area contributed by atoms with Gasteiger partial charge in [-0.15, -0.1) is 0 Å². The molecule has 2 aromatic rings. The molecule has 0 aliphatic heterocycles. The number of benzene rings is 2. The van der Waals surface area contributed by atoms with E-state index < -0.39 is 15.9 Å². The summed E-state index contributed by atoms with van der Waals surface area (Å²) >= 11 is 0. The first-order chi connectivity index (χ1) is 10.0. The minimum absolute atomic E-state index is 0.0895. The van der Waals surface area contributed by atoms with Gasteiger partial charge >= 0.3 is 0 Å². The summed E-state index contributed by atoms with van der Waals surface area (Å²) in [5, 5.41) is 0. The molecule has 1 amide bonds. The Bertz CT molecular complexity index is 707. The molecule has 0 aromatic heterocycles. The Morgan fingerprint density at radius 3 is 2.10 bits per heavy atom. The Morgan fingerprint density at radius 2 is 1.52 bits per heavy atom. The molecule has 0 saturated carbocycles. The van der Waals surface area contributed by atoms with Gasteiger partial charge in [0.15, 0.2) is 0 Å². The second-order valence-corrected chi connectivity index (χ2v) is 6.35. The SMILES string of the molecule is CCCC(=O)NS(=O)(=O)c1ccc(-c2ccccc2)cc1. The van der Waals surface area contributed by atoms with Gasteiger partial charge in [-0.05, 0) is 29.7 Å². The van der Waals surface area contributed by atoms with E-state index in [0.29, 0.717) is 6.42 Å². The Labute approximate surface area is 124 Å². The Balaban J connectivity index is 2.21. The van der Waals surface area contributed by atoms with Crippen molar-refractivity contribution in [3.8, 4) is 11.1 Å². The third-order valence-electron chi connectivity index (χ3n) is 3.00. The summed E-state index contributed by atoms with van der Waals surface area (Å²) in [4.78, 5) is 11.5. The molecule has 1 N–H and O–H groups in total. The molecule has 0 radical (unpaired) electrons. The Kier molecular flexibility index (Phi) is 4.75. The number of hydrogen-bond acceptors (Lipinski definition) is 3. The Hall–Kier alpha value is -2.14. The van der Waals surface area contributed by atoms with Crippen molar-refractivity contribution in [2.75, 3.05) is 0 Å². The summed E-state index contributed by atoms with van der Waals surface area (Å²) < 4.78 is 26.1. The average molecular weight is 303 g/mol. The molecular weight excluding hydrogens is 286 g/mol. The lowest BCUT2D eigenvalue weighted by molar-refractivity contribution is -0.119. The van der Waals surface area contributed by atoms with Crippen LogP contribution < -0.4 is 4.72 Å². The van der Waals surface area contributed by atoms with E-state index >= 15 is 0 Å². The lowest BCUT2D eigenvalue weighted by atomic mass is 10.1. The number of hydrogen-bond donors (Lipinski definition) is 1. The quantitative estimate of drug-likeness (QED) is 0.923. The van der Waals surface area contributed by atoms with Crippen LogP contribution in [-0.4, -0.2) is 14.3 Å². The molecule has 0 atom stereocenters. The van der Waals surface area contributed by atoms with Gasteiger partial charge in [-0.2, -0.15) is 0 Å². The zero-order chi connectivity index (χ0) is 15.3. The monoisotopic (exact) mass is 303 g/mol. The third kappa shape index (κ3) is 3.92. The number of carbonyl (C=O) groups excluding carboxylic acids is 1. The van der Waals surface area contributed by atoms with E-state index in [2.05, 4.69) is 4.72 Å². The number of carbonyl (C=O) groups is 1. The van der Waals surface area contributed by atoms with Gasteiger partial charge in [-0.3, -0.25) is 4.79 Å². The molecule has 110 valence electrons. The zero-order valence-electron chi connectivity index (χ0n) is 11.7.